The molecule has 0 radical (unpaired) electrons. The van der Waals surface area contributed by atoms with Crippen molar-refractivity contribution in [2.45, 2.75) is 12.5 Å². The molecule has 6 heteroatoms. The molecule has 1 fully saturated rings. The summed E-state index contributed by atoms with van der Waals surface area (Å²) in [5.41, 5.74) is 0.979. The van der Waals surface area contributed by atoms with E-state index in [1.54, 1.807) is 0 Å². The van der Waals surface area contributed by atoms with Crippen LogP contribution < -0.4 is 5.32 Å². The average molecular weight is 280 g/mol. The van der Waals surface area contributed by atoms with Gasteiger partial charge in [0, 0.05) is 11.6 Å². The lowest BCUT2D eigenvalue weighted by atomic mass is 10.1. The van der Waals surface area contributed by atoms with Gasteiger partial charge in [-0.3, -0.25) is 0 Å². The van der Waals surface area contributed by atoms with E-state index in [0.717, 1.165) is 18.7 Å². The Morgan fingerprint density at radius 1 is 1.37 bits per heavy atom. The smallest absolute Gasteiger partial charge is 0.231 e. The summed E-state index contributed by atoms with van der Waals surface area (Å²) in [5, 5.41) is 7.99. The number of hydrogen-bond acceptors (Lipinski definition) is 5. The van der Waals surface area contributed by atoms with E-state index in [-0.39, 0.29) is 6.04 Å². The van der Waals surface area contributed by atoms with E-state index in [0.29, 0.717) is 29.8 Å². The molecule has 1 saturated heterocycles. The van der Waals surface area contributed by atoms with E-state index >= 15 is 0 Å². The first-order chi connectivity index (χ1) is 9.33. The minimum absolute atomic E-state index is 0.0116. The van der Waals surface area contributed by atoms with Gasteiger partial charge in [0.25, 0.3) is 0 Å². The zero-order valence-corrected chi connectivity index (χ0v) is 11.1. The zero-order chi connectivity index (χ0) is 13.1. The number of ether oxygens (including phenoxy) is 1. The van der Waals surface area contributed by atoms with Crippen LogP contribution in [0.4, 0.5) is 0 Å². The fourth-order valence-corrected chi connectivity index (χ4v) is 2.22. The maximum absolute atomic E-state index is 6.11. The van der Waals surface area contributed by atoms with Crippen LogP contribution in [0.1, 0.15) is 23.3 Å². The topological polar surface area (TPSA) is 60.2 Å². The Bertz CT molecular complexity index is 552. The molecule has 0 amide bonds. The van der Waals surface area contributed by atoms with Gasteiger partial charge in [-0.1, -0.05) is 35.0 Å². The molecule has 1 aliphatic rings. The van der Waals surface area contributed by atoms with Crippen LogP contribution >= 0.6 is 11.6 Å². The molecule has 0 bridgehead atoms. The average Bonchev–Trinajstić information content (AvgIpc) is 2.91. The summed E-state index contributed by atoms with van der Waals surface area (Å²) in [6.07, 6.45) is 0.542. The van der Waals surface area contributed by atoms with Gasteiger partial charge in [0.2, 0.25) is 5.89 Å². The van der Waals surface area contributed by atoms with Gasteiger partial charge in [-0.25, -0.2) is 0 Å². The zero-order valence-electron chi connectivity index (χ0n) is 10.3. The van der Waals surface area contributed by atoms with Gasteiger partial charge in [-0.15, -0.1) is 0 Å². The monoisotopic (exact) mass is 279 g/mol. The summed E-state index contributed by atoms with van der Waals surface area (Å²) in [5.74, 6) is 1.21. The largest absolute Gasteiger partial charge is 0.378 e. The molecule has 1 aliphatic heterocycles. The Morgan fingerprint density at radius 2 is 2.26 bits per heavy atom. The van der Waals surface area contributed by atoms with E-state index in [1.165, 1.54) is 0 Å². The number of nitrogens with one attached hydrogen (secondary N) is 1. The number of nitrogens with zero attached hydrogens (tertiary/aromatic N) is 2. The highest BCUT2D eigenvalue weighted by atomic mass is 35.5. The molecule has 3 rings (SSSR count). The van der Waals surface area contributed by atoms with Crippen molar-refractivity contribution < 1.29 is 9.26 Å². The van der Waals surface area contributed by atoms with E-state index in [2.05, 4.69) is 15.5 Å². The molecule has 1 aromatic heterocycles. The highest BCUT2D eigenvalue weighted by Gasteiger charge is 2.21. The molecule has 1 N–H and O–H groups in total. The minimum Gasteiger partial charge on any atom is -0.378 e. The highest BCUT2D eigenvalue weighted by molar-refractivity contribution is 6.31. The molecule has 2 aromatic rings. The summed E-state index contributed by atoms with van der Waals surface area (Å²) >= 11 is 6.11. The van der Waals surface area contributed by atoms with Crippen molar-refractivity contribution >= 4 is 11.6 Å². The number of halogens is 1. The summed E-state index contributed by atoms with van der Waals surface area (Å²) < 4.78 is 10.6. The van der Waals surface area contributed by atoms with Gasteiger partial charge in [-0.2, -0.15) is 4.98 Å². The third-order valence-electron chi connectivity index (χ3n) is 3.02. The van der Waals surface area contributed by atoms with Crippen molar-refractivity contribution in [1.29, 1.82) is 0 Å². The van der Waals surface area contributed by atoms with Crippen molar-refractivity contribution in [3.63, 3.8) is 0 Å². The maximum Gasteiger partial charge on any atom is 0.231 e. The predicted molar refractivity (Wildman–Crippen MR) is 70.1 cm³/mol. The van der Waals surface area contributed by atoms with Gasteiger partial charge in [-0.05, 0) is 11.6 Å². The third-order valence-corrected chi connectivity index (χ3v) is 3.39. The van der Waals surface area contributed by atoms with E-state index in [4.69, 9.17) is 20.9 Å². The molecular formula is C13H14ClN3O2. The number of morpholine rings is 1. The van der Waals surface area contributed by atoms with Crippen molar-refractivity contribution in [1.82, 2.24) is 15.5 Å². The second-order valence-corrected chi connectivity index (χ2v) is 4.80. The first-order valence-corrected chi connectivity index (χ1v) is 6.58. The predicted octanol–water partition coefficient (Wildman–Crippen LogP) is 1.97. The van der Waals surface area contributed by atoms with Crippen LogP contribution in [0.5, 0.6) is 0 Å². The Kier molecular flexibility index (Phi) is 3.77. The van der Waals surface area contributed by atoms with E-state index in [1.807, 2.05) is 24.3 Å². The third kappa shape index (κ3) is 2.94. The summed E-state index contributed by atoms with van der Waals surface area (Å²) in [4.78, 5) is 4.39. The molecule has 5 nitrogen and oxygen atoms in total. The number of aromatic nitrogens is 2. The Hall–Kier alpha value is -1.43. The summed E-state index contributed by atoms with van der Waals surface area (Å²) in [6, 6.07) is 7.65. The van der Waals surface area contributed by atoms with Gasteiger partial charge in [0.1, 0.15) is 0 Å². The van der Waals surface area contributed by atoms with Crippen LogP contribution in [-0.2, 0) is 11.2 Å². The van der Waals surface area contributed by atoms with Gasteiger partial charge in [0.05, 0.1) is 25.7 Å². The van der Waals surface area contributed by atoms with Crippen LogP contribution in [0.25, 0.3) is 0 Å². The maximum atomic E-state index is 6.11. The molecule has 19 heavy (non-hydrogen) atoms. The Morgan fingerprint density at radius 3 is 3.05 bits per heavy atom. The second-order valence-electron chi connectivity index (χ2n) is 4.40. The highest BCUT2D eigenvalue weighted by Crippen LogP contribution is 2.19. The van der Waals surface area contributed by atoms with E-state index in [9.17, 15) is 0 Å². The summed E-state index contributed by atoms with van der Waals surface area (Å²) in [7, 11) is 0. The first-order valence-electron chi connectivity index (χ1n) is 6.20. The molecule has 1 aromatic carbocycles. The quantitative estimate of drug-likeness (QED) is 0.931. The standard InChI is InChI=1S/C13H14ClN3O2/c14-10-4-2-1-3-9(10)7-12-16-13(17-19-12)11-8-18-6-5-15-11/h1-4,11,15H,5-8H2. The molecule has 2 heterocycles. The van der Waals surface area contributed by atoms with Gasteiger partial charge >= 0.3 is 0 Å². The molecule has 100 valence electrons. The van der Waals surface area contributed by atoms with Crippen molar-refractivity contribution in [3.05, 3.63) is 46.6 Å². The van der Waals surface area contributed by atoms with Crippen molar-refractivity contribution in [3.8, 4) is 0 Å². The molecule has 0 spiro atoms. The van der Waals surface area contributed by atoms with Gasteiger partial charge < -0.3 is 14.6 Å². The first kappa shape index (κ1) is 12.6. The lowest BCUT2D eigenvalue weighted by Gasteiger charge is -2.20. The summed E-state index contributed by atoms with van der Waals surface area (Å²) in [6.45, 7) is 2.10. The molecule has 1 unspecified atom stereocenters. The SMILES string of the molecule is Clc1ccccc1Cc1nc(C2COCCN2)no1. The van der Waals surface area contributed by atoms with Crippen LogP contribution in [0.15, 0.2) is 28.8 Å². The Balaban J connectivity index is 1.73. The number of benzene rings is 1. The fraction of sp³-hybridized carbons (Fsp3) is 0.385. The van der Waals surface area contributed by atoms with Crippen molar-refractivity contribution in [2.75, 3.05) is 19.8 Å². The minimum atomic E-state index is 0.0116. The number of rotatable bonds is 3. The fourth-order valence-electron chi connectivity index (χ4n) is 2.02. The number of hydrogen-bond donors (Lipinski definition) is 1. The Labute approximate surface area is 115 Å². The lowest BCUT2D eigenvalue weighted by molar-refractivity contribution is 0.0734. The normalized spacial score (nSPS) is 19.5. The van der Waals surface area contributed by atoms with E-state index < -0.39 is 0 Å². The lowest BCUT2D eigenvalue weighted by Crippen LogP contribution is -2.35. The second kappa shape index (κ2) is 5.69. The van der Waals surface area contributed by atoms with Crippen LogP contribution in [0.2, 0.25) is 5.02 Å². The van der Waals surface area contributed by atoms with Gasteiger partial charge in [0.15, 0.2) is 5.82 Å². The van der Waals surface area contributed by atoms with Crippen LogP contribution in [0, 0.1) is 0 Å². The van der Waals surface area contributed by atoms with Crippen LogP contribution in [0.3, 0.4) is 0 Å². The molecule has 0 saturated carbocycles. The molecular weight excluding hydrogens is 266 g/mol. The van der Waals surface area contributed by atoms with Crippen molar-refractivity contribution in [2.24, 2.45) is 0 Å². The molecule has 1 atom stereocenters. The molecule has 0 aliphatic carbocycles. The van der Waals surface area contributed by atoms with Crippen LogP contribution in [-0.4, -0.2) is 29.9 Å².